The smallest absolute Gasteiger partial charge is 0.303 e. The maximum atomic E-state index is 10.3. The third-order valence-electron chi connectivity index (χ3n) is 3.99. The van der Waals surface area contributed by atoms with Crippen molar-refractivity contribution in [3.8, 4) is 0 Å². The van der Waals surface area contributed by atoms with Crippen molar-refractivity contribution < 1.29 is 14.7 Å². The fourth-order valence-electron chi connectivity index (χ4n) is 2.65. The lowest BCUT2D eigenvalue weighted by molar-refractivity contribution is -0.137. The van der Waals surface area contributed by atoms with E-state index in [9.17, 15) is 4.79 Å². The Balaban J connectivity index is 0. The highest BCUT2D eigenvalue weighted by atomic mass is 28.3. The summed E-state index contributed by atoms with van der Waals surface area (Å²) < 4.78 is 0. The molecule has 146 valence electrons. The van der Waals surface area contributed by atoms with Crippen LogP contribution in [0.4, 0.5) is 0 Å². The Morgan fingerprint density at radius 3 is 1.17 bits per heavy atom. The van der Waals surface area contributed by atoms with Gasteiger partial charge in [0.1, 0.15) is 0 Å². The van der Waals surface area contributed by atoms with Crippen LogP contribution in [0.5, 0.6) is 0 Å². The van der Waals surface area contributed by atoms with E-state index in [1.807, 2.05) is 13.1 Å². The summed E-state index contributed by atoms with van der Waals surface area (Å²) in [5.41, 5.74) is 0. The topological polar surface area (TPSA) is 57.5 Å². The lowest BCUT2D eigenvalue weighted by atomic mass is 10.0. The van der Waals surface area contributed by atoms with Crippen LogP contribution in [-0.2, 0) is 4.79 Å². The summed E-state index contributed by atoms with van der Waals surface area (Å²) in [5.74, 6) is -0.653. The maximum absolute atomic E-state index is 10.3. The molecule has 0 saturated carbocycles. The van der Waals surface area contributed by atoms with Crippen LogP contribution in [0.25, 0.3) is 0 Å². The molecule has 0 rings (SSSR count). The zero-order valence-electron chi connectivity index (χ0n) is 16.7. The first-order valence-corrected chi connectivity index (χ1v) is 13.2. The van der Waals surface area contributed by atoms with Gasteiger partial charge in [-0.15, -0.1) is 0 Å². The fourth-order valence-corrected chi connectivity index (χ4v) is 2.65. The van der Waals surface area contributed by atoms with E-state index in [1.54, 1.807) is 0 Å². The molecule has 0 saturated heterocycles. The Hall–Kier alpha value is -0.353. The molecule has 2 N–H and O–H groups in total. The minimum Gasteiger partial charge on any atom is -0.481 e. The first-order chi connectivity index (χ1) is 11.5. The lowest BCUT2D eigenvalue weighted by Gasteiger charge is -2.03. The second-order valence-electron chi connectivity index (χ2n) is 7.19. The number of unbranched alkanes of at least 4 members (excludes halogenated alkanes) is 14. The molecule has 4 heteroatoms. The summed E-state index contributed by atoms with van der Waals surface area (Å²) in [7, 11) is -1.14. The average Bonchev–Trinajstić information content (AvgIpc) is 2.50. The monoisotopic (exact) mass is 360 g/mol. The van der Waals surface area contributed by atoms with E-state index in [-0.39, 0.29) is 0 Å². The van der Waals surface area contributed by atoms with Gasteiger partial charge in [0.2, 0.25) is 0 Å². The maximum Gasteiger partial charge on any atom is 0.303 e. The molecule has 0 aromatic carbocycles. The van der Waals surface area contributed by atoms with Crippen molar-refractivity contribution in [3.05, 3.63) is 0 Å². The molecule has 0 aliphatic rings. The van der Waals surface area contributed by atoms with Crippen LogP contribution in [-0.4, -0.2) is 24.9 Å². The van der Waals surface area contributed by atoms with Gasteiger partial charge < -0.3 is 9.90 Å². The van der Waals surface area contributed by atoms with E-state index in [4.69, 9.17) is 9.90 Å². The van der Waals surface area contributed by atoms with Crippen LogP contribution < -0.4 is 0 Å². The van der Waals surface area contributed by atoms with E-state index in [2.05, 4.69) is 6.92 Å². The molecule has 0 aromatic rings. The largest absolute Gasteiger partial charge is 0.481 e. The van der Waals surface area contributed by atoms with Crippen LogP contribution in [0.15, 0.2) is 0 Å². The normalized spacial score (nSPS) is 10.5. The van der Waals surface area contributed by atoms with Gasteiger partial charge in [0.05, 0.1) is 0 Å². The molecule has 0 radical (unpaired) electrons. The molecule has 24 heavy (non-hydrogen) atoms. The van der Waals surface area contributed by atoms with Crippen LogP contribution in [0, 0.1) is 0 Å². The van der Waals surface area contributed by atoms with Crippen molar-refractivity contribution in [3.63, 3.8) is 0 Å². The first-order valence-electron chi connectivity index (χ1n) is 10.4. The van der Waals surface area contributed by atoms with Gasteiger partial charge in [-0.3, -0.25) is 4.79 Å². The number of hydrogen-bond donors (Lipinski definition) is 2. The Morgan fingerprint density at radius 1 is 0.667 bits per heavy atom. The third kappa shape index (κ3) is 33.3. The van der Waals surface area contributed by atoms with Crippen molar-refractivity contribution in [1.29, 1.82) is 0 Å². The number of carboxylic acids is 1. The Morgan fingerprint density at radius 2 is 0.917 bits per heavy atom. The summed E-state index contributed by atoms with van der Waals surface area (Å²) in [6.45, 7) is 5.99. The number of rotatable bonds is 16. The van der Waals surface area contributed by atoms with Crippen molar-refractivity contribution in [2.24, 2.45) is 0 Å². The fraction of sp³-hybridized carbons (Fsp3) is 0.950. The van der Waals surface area contributed by atoms with E-state index >= 15 is 0 Å². The molecule has 0 aliphatic heterocycles. The van der Waals surface area contributed by atoms with Crippen molar-refractivity contribution in [2.75, 3.05) is 0 Å². The Kier molecular flexibility index (Phi) is 24.4. The van der Waals surface area contributed by atoms with Gasteiger partial charge in [-0.1, -0.05) is 96.8 Å². The number of aliphatic carboxylic acids is 1. The predicted octanol–water partition coefficient (Wildman–Crippen LogP) is 6.29. The predicted molar refractivity (Wildman–Crippen MR) is 108 cm³/mol. The van der Waals surface area contributed by atoms with E-state index in [1.165, 1.54) is 83.5 Å². The molecule has 0 bridgehead atoms. The van der Waals surface area contributed by atoms with E-state index in [0.717, 1.165) is 12.8 Å². The van der Waals surface area contributed by atoms with Crippen LogP contribution in [0.3, 0.4) is 0 Å². The molecular weight excluding hydrogens is 316 g/mol. The van der Waals surface area contributed by atoms with Crippen LogP contribution in [0.2, 0.25) is 13.1 Å². The van der Waals surface area contributed by atoms with Gasteiger partial charge >= 0.3 is 5.97 Å². The number of carbonyl (C=O) groups is 1. The van der Waals surface area contributed by atoms with Gasteiger partial charge in [0.15, 0.2) is 9.04 Å². The number of carboxylic acid groups (broad SMARTS) is 1. The summed E-state index contributed by atoms with van der Waals surface area (Å²) in [4.78, 5) is 18.5. The van der Waals surface area contributed by atoms with E-state index < -0.39 is 15.0 Å². The summed E-state index contributed by atoms with van der Waals surface area (Å²) in [6, 6.07) is 0. The SMILES string of the molecule is CCCCCCCCCCCCCCCCCC(=O)O.C[SiH](C)O. The van der Waals surface area contributed by atoms with E-state index in [0.29, 0.717) is 6.42 Å². The zero-order chi connectivity index (χ0) is 18.5. The first kappa shape index (κ1) is 25.9. The highest BCUT2D eigenvalue weighted by molar-refractivity contribution is 6.46. The van der Waals surface area contributed by atoms with Gasteiger partial charge in [-0.25, -0.2) is 0 Å². The molecular formula is C20H44O3Si. The molecule has 0 heterocycles. The van der Waals surface area contributed by atoms with Gasteiger partial charge in [0, 0.05) is 6.42 Å². The van der Waals surface area contributed by atoms with Crippen LogP contribution in [0.1, 0.15) is 110 Å². The molecule has 3 nitrogen and oxygen atoms in total. The molecule has 0 aromatic heterocycles. The standard InChI is InChI=1S/C18H36O2.C2H8OSi/c1-2-3-4-5-6-7-8-9-10-11-12-13-14-15-16-17-18(19)20;1-4(2)3/h2-17H2,1H3,(H,19,20);3-4H,1-2H3. The third-order valence-corrected chi connectivity index (χ3v) is 3.99. The summed E-state index contributed by atoms with van der Waals surface area (Å²) in [5, 5.41) is 8.52. The zero-order valence-corrected chi connectivity index (χ0v) is 17.8. The summed E-state index contributed by atoms with van der Waals surface area (Å²) >= 11 is 0. The summed E-state index contributed by atoms with van der Waals surface area (Å²) in [6.07, 6.45) is 20.2. The minimum absolute atomic E-state index is 0.345. The molecule has 0 aliphatic carbocycles. The van der Waals surface area contributed by atoms with Gasteiger partial charge in [-0.2, -0.15) is 0 Å². The highest BCUT2D eigenvalue weighted by Crippen LogP contribution is 2.13. The van der Waals surface area contributed by atoms with Gasteiger partial charge in [0.25, 0.3) is 0 Å². The second kappa shape index (κ2) is 22.6. The van der Waals surface area contributed by atoms with Crippen LogP contribution >= 0.6 is 0 Å². The average molecular weight is 361 g/mol. The molecule has 0 fully saturated rings. The lowest BCUT2D eigenvalue weighted by Crippen LogP contribution is -1.93. The number of hydrogen-bond acceptors (Lipinski definition) is 2. The van der Waals surface area contributed by atoms with Crippen molar-refractivity contribution >= 4 is 15.0 Å². The molecule has 0 unspecified atom stereocenters. The Bertz CT molecular complexity index is 242. The van der Waals surface area contributed by atoms with Gasteiger partial charge in [-0.05, 0) is 19.5 Å². The molecule has 0 spiro atoms. The minimum atomic E-state index is -1.14. The van der Waals surface area contributed by atoms with Crippen molar-refractivity contribution in [2.45, 2.75) is 123 Å². The quantitative estimate of drug-likeness (QED) is 0.251. The Labute approximate surface area is 153 Å². The highest BCUT2D eigenvalue weighted by Gasteiger charge is 1.97. The second-order valence-corrected chi connectivity index (χ2v) is 9.37. The molecule has 0 atom stereocenters. The van der Waals surface area contributed by atoms with Crippen molar-refractivity contribution in [1.82, 2.24) is 0 Å². The molecule has 0 amide bonds.